The van der Waals surface area contributed by atoms with E-state index in [1.54, 1.807) is 0 Å². The largest absolute Gasteiger partial charge is 0.382 e. The third-order valence-electron chi connectivity index (χ3n) is 1.71. The molecule has 0 saturated carbocycles. The van der Waals surface area contributed by atoms with E-state index >= 15 is 0 Å². The second-order valence-electron chi connectivity index (χ2n) is 2.70. The van der Waals surface area contributed by atoms with Gasteiger partial charge in [-0.3, -0.25) is 5.10 Å². The Morgan fingerprint density at radius 3 is 2.67 bits per heavy atom. The molecule has 0 aromatic carbocycles. The van der Waals surface area contributed by atoms with E-state index < -0.39 is 0 Å². The summed E-state index contributed by atoms with van der Waals surface area (Å²) >= 11 is 0. The molecule has 0 amide bonds. The number of nitrogens with two attached hydrogens (primary N) is 1. The van der Waals surface area contributed by atoms with E-state index in [1.165, 1.54) is 0 Å². The minimum atomic E-state index is 0.432. The van der Waals surface area contributed by atoms with Crippen LogP contribution in [0.3, 0.4) is 0 Å². The van der Waals surface area contributed by atoms with Gasteiger partial charge in [0.15, 0.2) is 11.3 Å². The van der Waals surface area contributed by atoms with E-state index in [9.17, 15) is 0 Å². The maximum Gasteiger partial charge on any atom is 0.155 e. The molecule has 0 aliphatic heterocycles. The van der Waals surface area contributed by atoms with E-state index in [4.69, 9.17) is 5.73 Å². The molecule has 2 rings (SSSR count). The first-order chi connectivity index (χ1) is 5.68. The Hall–Kier alpha value is -1.65. The number of hydrogen-bond acceptors (Lipinski definition) is 4. The second-order valence-corrected chi connectivity index (χ2v) is 2.70. The van der Waals surface area contributed by atoms with E-state index in [0.29, 0.717) is 17.2 Å². The van der Waals surface area contributed by atoms with Gasteiger partial charge in [0.1, 0.15) is 11.3 Å². The quantitative estimate of drug-likeness (QED) is 0.594. The lowest BCUT2D eigenvalue weighted by Crippen LogP contribution is -1.96. The highest BCUT2D eigenvalue weighted by Crippen LogP contribution is 2.16. The van der Waals surface area contributed by atoms with Gasteiger partial charge in [0, 0.05) is 0 Å². The number of nitrogens with zero attached hydrogens (tertiary/aromatic N) is 3. The van der Waals surface area contributed by atoms with E-state index in [0.717, 1.165) is 11.2 Å². The number of nitrogen functional groups attached to an aromatic ring is 1. The number of fused-ring (bicyclic) bond motifs is 1. The molecule has 0 atom stereocenters. The lowest BCUT2D eigenvalue weighted by Gasteiger charge is -1.95. The van der Waals surface area contributed by atoms with Crippen LogP contribution in [0.5, 0.6) is 0 Å². The first kappa shape index (κ1) is 7.02. The fourth-order valence-electron chi connectivity index (χ4n) is 1.15. The summed E-state index contributed by atoms with van der Waals surface area (Å²) in [6.45, 7) is 3.71. The number of rotatable bonds is 0. The van der Waals surface area contributed by atoms with Crippen molar-refractivity contribution in [1.82, 2.24) is 20.2 Å². The molecule has 5 heteroatoms. The number of aryl methyl sites for hydroxylation is 2. The van der Waals surface area contributed by atoms with Crippen LogP contribution in [0.1, 0.15) is 11.5 Å². The van der Waals surface area contributed by atoms with Gasteiger partial charge in [-0.2, -0.15) is 5.10 Å². The van der Waals surface area contributed by atoms with E-state index in [-0.39, 0.29) is 0 Å². The number of aromatic nitrogens is 4. The number of anilines is 1. The number of nitrogens with one attached hydrogen (secondary N) is 1. The standard InChI is InChI=1S/C7H9N5/c1-3-5-6(12-11-3)7(8)10-4(2)9-5/h1-2H3,(H,11,12)(H2,8,9,10). The van der Waals surface area contributed by atoms with Crippen LogP contribution in [-0.4, -0.2) is 20.2 Å². The number of hydrogen-bond donors (Lipinski definition) is 2. The van der Waals surface area contributed by atoms with Gasteiger partial charge < -0.3 is 5.73 Å². The molecule has 0 aliphatic carbocycles. The zero-order valence-electron chi connectivity index (χ0n) is 6.92. The van der Waals surface area contributed by atoms with Crippen LogP contribution < -0.4 is 5.73 Å². The van der Waals surface area contributed by atoms with Crippen molar-refractivity contribution in [2.75, 3.05) is 5.73 Å². The molecule has 62 valence electrons. The Morgan fingerprint density at radius 1 is 1.17 bits per heavy atom. The molecule has 0 fully saturated rings. The van der Waals surface area contributed by atoms with Gasteiger partial charge in [0.25, 0.3) is 0 Å². The molecule has 2 aromatic rings. The first-order valence-electron chi connectivity index (χ1n) is 3.63. The predicted molar refractivity (Wildman–Crippen MR) is 45.6 cm³/mol. The van der Waals surface area contributed by atoms with Crippen molar-refractivity contribution in [3.63, 3.8) is 0 Å². The van der Waals surface area contributed by atoms with Gasteiger partial charge in [0.2, 0.25) is 0 Å². The maximum absolute atomic E-state index is 5.64. The molecule has 0 unspecified atom stereocenters. The Labute approximate surface area is 69.0 Å². The smallest absolute Gasteiger partial charge is 0.155 e. The second kappa shape index (κ2) is 2.17. The first-order valence-corrected chi connectivity index (χ1v) is 3.63. The highest BCUT2D eigenvalue weighted by atomic mass is 15.1. The van der Waals surface area contributed by atoms with Gasteiger partial charge in [0.05, 0.1) is 5.69 Å². The molecule has 5 nitrogen and oxygen atoms in total. The summed E-state index contributed by atoms with van der Waals surface area (Å²) in [4.78, 5) is 8.21. The molecule has 0 saturated heterocycles. The number of aromatic amines is 1. The third-order valence-corrected chi connectivity index (χ3v) is 1.71. The highest BCUT2D eigenvalue weighted by Gasteiger charge is 2.07. The fourth-order valence-corrected chi connectivity index (χ4v) is 1.15. The van der Waals surface area contributed by atoms with Crippen molar-refractivity contribution in [1.29, 1.82) is 0 Å². The highest BCUT2D eigenvalue weighted by molar-refractivity contribution is 5.85. The Bertz CT molecular complexity index is 431. The van der Waals surface area contributed by atoms with Gasteiger partial charge in [-0.15, -0.1) is 0 Å². The minimum Gasteiger partial charge on any atom is -0.382 e. The summed E-state index contributed by atoms with van der Waals surface area (Å²) in [7, 11) is 0. The van der Waals surface area contributed by atoms with Crippen molar-refractivity contribution in [3.8, 4) is 0 Å². The van der Waals surface area contributed by atoms with Crippen LogP contribution in [0.15, 0.2) is 0 Å². The van der Waals surface area contributed by atoms with Crippen molar-refractivity contribution in [2.45, 2.75) is 13.8 Å². The van der Waals surface area contributed by atoms with Gasteiger partial charge in [-0.25, -0.2) is 9.97 Å². The van der Waals surface area contributed by atoms with Crippen molar-refractivity contribution < 1.29 is 0 Å². The molecule has 0 bridgehead atoms. The molecule has 3 N–H and O–H groups in total. The summed E-state index contributed by atoms with van der Waals surface area (Å²) in [5.74, 6) is 1.10. The SMILES string of the molecule is Cc1nc(N)c2n[nH]c(C)c2n1. The van der Waals surface area contributed by atoms with Crippen LogP contribution in [0.25, 0.3) is 11.0 Å². The molecule has 2 aromatic heterocycles. The molecule has 12 heavy (non-hydrogen) atoms. The molecule has 0 radical (unpaired) electrons. The Morgan fingerprint density at radius 2 is 1.92 bits per heavy atom. The maximum atomic E-state index is 5.64. The van der Waals surface area contributed by atoms with Crippen LogP contribution in [0, 0.1) is 13.8 Å². The summed E-state index contributed by atoms with van der Waals surface area (Å²) in [6, 6.07) is 0. The Balaban J connectivity index is 2.92. The van der Waals surface area contributed by atoms with Crippen LogP contribution >= 0.6 is 0 Å². The zero-order valence-corrected chi connectivity index (χ0v) is 6.92. The summed E-state index contributed by atoms with van der Waals surface area (Å²) in [5.41, 5.74) is 8.01. The number of H-pyrrole nitrogens is 1. The average molecular weight is 163 g/mol. The molecule has 0 aliphatic rings. The van der Waals surface area contributed by atoms with Crippen molar-refractivity contribution in [2.24, 2.45) is 0 Å². The lowest BCUT2D eigenvalue weighted by molar-refractivity contribution is 1.07. The topological polar surface area (TPSA) is 80.5 Å². The monoisotopic (exact) mass is 163 g/mol. The van der Waals surface area contributed by atoms with Gasteiger partial charge >= 0.3 is 0 Å². The Kier molecular flexibility index (Phi) is 1.27. The van der Waals surface area contributed by atoms with Gasteiger partial charge in [-0.05, 0) is 13.8 Å². The van der Waals surface area contributed by atoms with Gasteiger partial charge in [-0.1, -0.05) is 0 Å². The van der Waals surface area contributed by atoms with Crippen molar-refractivity contribution in [3.05, 3.63) is 11.5 Å². The fraction of sp³-hybridized carbons (Fsp3) is 0.286. The molecular weight excluding hydrogens is 154 g/mol. The summed E-state index contributed by atoms with van der Waals surface area (Å²) < 4.78 is 0. The molecule has 0 spiro atoms. The third kappa shape index (κ3) is 0.827. The summed E-state index contributed by atoms with van der Waals surface area (Å²) in [6.07, 6.45) is 0. The van der Waals surface area contributed by atoms with E-state index in [2.05, 4.69) is 20.2 Å². The van der Waals surface area contributed by atoms with Crippen LogP contribution in [0.4, 0.5) is 5.82 Å². The average Bonchev–Trinajstić information content (AvgIpc) is 2.33. The van der Waals surface area contributed by atoms with Crippen LogP contribution in [-0.2, 0) is 0 Å². The predicted octanol–water partition coefficient (Wildman–Crippen LogP) is 0.552. The summed E-state index contributed by atoms with van der Waals surface area (Å²) in [5, 5.41) is 6.80. The molecular formula is C7H9N5. The lowest BCUT2D eigenvalue weighted by atomic mass is 10.3. The van der Waals surface area contributed by atoms with Crippen molar-refractivity contribution >= 4 is 16.9 Å². The molecule has 2 heterocycles. The van der Waals surface area contributed by atoms with Crippen LogP contribution in [0.2, 0.25) is 0 Å². The zero-order chi connectivity index (χ0) is 8.72. The minimum absolute atomic E-state index is 0.432. The normalized spacial score (nSPS) is 10.8. The van der Waals surface area contributed by atoms with E-state index in [1.807, 2.05) is 13.8 Å².